The molecule has 8 heteroatoms. The number of fused-ring (bicyclic) bond motifs is 1. The molecule has 1 atom stereocenters. The molecule has 156 valence electrons. The quantitative estimate of drug-likeness (QED) is 0.718. The summed E-state index contributed by atoms with van der Waals surface area (Å²) in [6.45, 7) is 1.98. The maximum atomic E-state index is 13.2. The van der Waals surface area contributed by atoms with Crippen molar-refractivity contribution in [2.45, 2.75) is 13.0 Å². The fourth-order valence-electron chi connectivity index (χ4n) is 3.56. The normalized spacial score (nSPS) is 17.8. The van der Waals surface area contributed by atoms with Crippen molar-refractivity contribution in [3.8, 4) is 11.8 Å². The number of methoxy groups -OCH3 is 1. The van der Waals surface area contributed by atoms with Gasteiger partial charge in [0.25, 0.3) is 0 Å². The number of hydrogen-bond acceptors (Lipinski definition) is 8. The molecule has 2 N–H and O–H groups in total. The van der Waals surface area contributed by atoms with Gasteiger partial charge in [0.05, 0.1) is 31.0 Å². The lowest BCUT2D eigenvalue weighted by atomic mass is 9.92. The summed E-state index contributed by atoms with van der Waals surface area (Å²) >= 11 is 1.19. The predicted molar refractivity (Wildman–Crippen MR) is 119 cm³/mol. The Balaban J connectivity index is 1.98. The van der Waals surface area contributed by atoms with E-state index in [0.717, 1.165) is 11.1 Å². The Morgan fingerprint density at radius 2 is 1.94 bits per heavy atom. The number of nitrogens with zero attached hydrogens (tertiary/aromatic N) is 3. The summed E-state index contributed by atoms with van der Waals surface area (Å²) in [6, 6.07) is 18.3. The Labute approximate surface area is 184 Å². The monoisotopic (exact) mass is 432 g/mol. The van der Waals surface area contributed by atoms with Crippen LogP contribution in [0.2, 0.25) is 0 Å². The molecule has 0 fully saturated rings. The van der Waals surface area contributed by atoms with E-state index < -0.39 is 12.0 Å². The Bertz CT molecular complexity index is 1150. The van der Waals surface area contributed by atoms with Crippen LogP contribution in [-0.4, -0.2) is 29.8 Å². The molecule has 2 aromatic carbocycles. The Morgan fingerprint density at radius 3 is 2.55 bits per heavy atom. The molecule has 2 aliphatic heterocycles. The first-order valence-electron chi connectivity index (χ1n) is 9.65. The van der Waals surface area contributed by atoms with Crippen molar-refractivity contribution in [3.63, 3.8) is 0 Å². The molecular weight excluding hydrogens is 412 g/mol. The van der Waals surface area contributed by atoms with E-state index in [1.54, 1.807) is 18.9 Å². The van der Waals surface area contributed by atoms with Gasteiger partial charge in [-0.3, -0.25) is 4.90 Å². The fraction of sp³-hybridized carbons (Fsp3) is 0.174. The van der Waals surface area contributed by atoms with Crippen LogP contribution in [0.3, 0.4) is 0 Å². The van der Waals surface area contributed by atoms with Gasteiger partial charge in [-0.15, -0.1) is 0 Å². The zero-order valence-electron chi connectivity index (χ0n) is 17.0. The molecule has 0 saturated heterocycles. The number of nitriles is 1. The highest BCUT2D eigenvalue weighted by molar-refractivity contribution is 8.17. The summed E-state index contributed by atoms with van der Waals surface area (Å²) in [5.41, 5.74) is 8.78. The molecule has 0 aliphatic carbocycles. The van der Waals surface area contributed by atoms with Crippen molar-refractivity contribution >= 4 is 28.6 Å². The zero-order chi connectivity index (χ0) is 22.0. The van der Waals surface area contributed by atoms with E-state index in [1.807, 2.05) is 54.6 Å². The second-order valence-corrected chi connectivity index (χ2v) is 7.69. The van der Waals surface area contributed by atoms with Crippen molar-refractivity contribution in [1.29, 1.82) is 5.26 Å². The number of aliphatic imine (C=N–C) groups is 1. The van der Waals surface area contributed by atoms with Crippen LogP contribution in [0.4, 0.5) is 0 Å². The van der Waals surface area contributed by atoms with Crippen LogP contribution in [0.5, 0.6) is 5.75 Å². The number of esters is 1. The van der Waals surface area contributed by atoms with Gasteiger partial charge in [0.15, 0.2) is 5.17 Å². The van der Waals surface area contributed by atoms with E-state index in [0.29, 0.717) is 27.1 Å². The lowest BCUT2D eigenvalue weighted by Gasteiger charge is -2.35. The highest BCUT2D eigenvalue weighted by Gasteiger charge is 2.43. The Hall–Kier alpha value is -3.70. The minimum Gasteiger partial charge on any atom is -0.497 e. The molecule has 0 radical (unpaired) electrons. The van der Waals surface area contributed by atoms with Crippen molar-refractivity contribution in [3.05, 3.63) is 82.0 Å². The molecule has 0 aromatic heterocycles. The van der Waals surface area contributed by atoms with E-state index in [4.69, 9.17) is 20.2 Å². The van der Waals surface area contributed by atoms with E-state index >= 15 is 0 Å². The zero-order valence-corrected chi connectivity index (χ0v) is 17.8. The molecule has 0 saturated carbocycles. The fourth-order valence-corrected chi connectivity index (χ4v) is 4.43. The summed E-state index contributed by atoms with van der Waals surface area (Å²) in [5, 5.41) is 10.1. The molecule has 2 aliphatic rings. The maximum absolute atomic E-state index is 13.2. The average Bonchev–Trinajstić information content (AvgIpc) is 3.14. The van der Waals surface area contributed by atoms with Gasteiger partial charge >= 0.3 is 5.97 Å². The number of amidine groups is 1. The summed E-state index contributed by atoms with van der Waals surface area (Å²) in [6.07, 6.45) is 0. The van der Waals surface area contributed by atoms with Gasteiger partial charge in [-0.25, -0.2) is 9.79 Å². The predicted octanol–water partition coefficient (Wildman–Crippen LogP) is 3.78. The number of rotatable bonds is 5. The van der Waals surface area contributed by atoms with Crippen molar-refractivity contribution < 1.29 is 14.3 Å². The third kappa shape index (κ3) is 3.64. The number of benzene rings is 2. The van der Waals surface area contributed by atoms with E-state index in [2.05, 4.69) is 6.07 Å². The van der Waals surface area contributed by atoms with Gasteiger partial charge < -0.3 is 15.2 Å². The van der Waals surface area contributed by atoms with Crippen molar-refractivity contribution in [1.82, 2.24) is 4.90 Å². The van der Waals surface area contributed by atoms with Crippen LogP contribution in [-0.2, 0) is 9.53 Å². The van der Waals surface area contributed by atoms with Gasteiger partial charge in [0.1, 0.15) is 22.5 Å². The van der Waals surface area contributed by atoms with Crippen LogP contribution in [0.25, 0.3) is 5.70 Å². The number of ether oxygens (including phenoxy) is 2. The van der Waals surface area contributed by atoms with Crippen molar-refractivity contribution in [2.75, 3.05) is 13.7 Å². The average molecular weight is 433 g/mol. The molecule has 0 bridgehead atoms. The Kier molecular flexibility index (Phi) is 5.69. The van der Waals surface area contributed by atoms with E-state index in [-0.39, 0.29) is 12.4 Å². The molecule has 0 spiro atoms. The Morgan fingerprint density at radius 1 is 1.23 bits per heavy atom. The standard InChI is InChI=1S/C23H20N4O3S/c1-3-30-22(28)18-19(14-7-5-4-6-8-14)26-23-27(21(25)17(13-24)31-23)20(18)15-9-11-16(29-2)12-10-15/h4-12,20H,3,25H2,1-2H3/t20-/m0/s1. The number of nitrogens with two attached hydrogens (primary N) is 1. The lowest BCUT2D eigenvalue weighted by molar-refractivity contribution is -0.139. The van der Waals surface area contributed by atoms with Crippen LogP contribution in [0.1, 0.15) is 24.1 Å². The molecule has 31 heavy (non-hydrogen) atoms. The van der Waals surface area contributed by atoms with E-state index in [9.17, 15) is 10.1 Å². The first-order valence-corrected chi connectivity index (χ1v) is 10.5. The highest BCUT2D eigenvalue weighted by Crippen LogP contribution is 2.47. The minimum absolute atomic E-state index is 0.222. The number of thioether (sulfide) groups is 1. The SMILES string of the molecule is CCOC(=O)C1=C(c2ccccc2)N=C2SC(C#N)=C(N)N2[C@H]1c1ccc(OC)cc1. The van der Waals surface area contributed by atoms with Gasteiger partial charge in [0.2, 0.25) is 0 Å². The van der Waals surface area contributed by atoms with Crippen LogP contribution >= 0.6 is 11.8 Å². The van der Waals surface area contributed by atoms with Gasteiger partial charge in [-0.05, 0) is 36.4 Å². The van der Waals surface area contributed by atoms with Gasteiger partial charge in [0, 0.05) is 5.56 Å². The summed E-state index contributed by atoms with van der Waals surface area (Å²) in [5.74, 6) is 0.476. The van der Waals surface area contributed by atoms with Crippen molar-refractivity contribution in [2.24, 2.45) is 10.7 Å². The van der Waals surface area contributed by atoms with Crippen LogP contribution < -0.4 is 10.5 Å². The summed E-state index contributed by atoms with van der Waals surface area (Å²) < 4.78 is 10.7. The molecule has 7 nitrogen and oxygen atoms in total. The lowest BCUT2D eigenvalue weighted by Crippen LogP contribution is -2.38. The molecule has 2 aromatic rings. The maximum Gasteiger partial charge on any atom is 0.338 e. The summed E-state index contributed by atoms with van der Waals surface area (Å²) in [7, 11) is 1.59. The summed E-state index contributed by atoms with van der Waals surface area (Å²) in [4.78, 5) is 20.0. The third-order valence-corrected chi connectivity index (χ3v) is 5.94. The highest BCUT2D eigenvalue weighted by atomic mass is 32.2. The minimum atomic E-state index is -0.606. The van der Waals surface area contributed by atoms with Crippen LogP contribution in [0.15, 0.2) is 75.9 Å². The van der Waals surface area contributed by atoms with E-state index in [1.165, 1.54) is 11.8 Å². The first kappa shape index (κ1) is 20.6. The number of carbonyl (C=O) groups excluding carboxylic acids is 1. The number of carbonyl (C=O) groups is 1. The smallest absolute Gasteiger partial charge is 0.338 e. The topological polar surface area (TPSA) is 101 Å². The second kappa shape index (κ2) is 8.58. The number of allylic oxidation sites excluding steroid dienone is 1. The van der Waals surface area contributed by atoms with Crippen LogP contribution in [0, 0.1) is 11.3 Å². The third-order valence-electron chi connectivity index (χ3n) is 4.96. The second-order valence-electron chi connectivity index (χ2n) is 6.72. The largest absolute Gasteiger partial charge is 0.497 e. The van der Waals surface area contributed by atoms with Gasteiger partial charge in [-0.1, -0.05) is 42.5 Å². The molecule has 0 unspecified atom stereocenters. The molecule has 2 heterocycles. The number of hydrogen-bond donors (Lipinski definition) is 1. The first-order chi connectivity index (χ1) is 15.1. The molecular formula is C23H20N4O3S. The molecule has 0 amide bonds. The molecule has 4 rings (SSSR count). The van der Waals surface area contributed by atoms with Gasteiger partial charge in [-0.2, -0.15) is 5.26 Å².